The molecule has 1 amide bonds. The Bertz CT molecular complexity index is 1890. The largest absolute Gasteiger partial charge is 0.460 e. The van der Waals surface area contributed by atoms with Crippen molar-refractivity contribution in [3.63, 3.8) is 0 Å². The Morgan fingerprint density at radius 2 is 1.60 bits per heavy atom. The van der Waals surface area contributed by atoms with Crippen molar-refractivity contribution in [3.05, 3.63) is 47.6 Å². The van der Waals surface area contributed by atoms with E-state index in [2.05, 4.69) is 22.6 Å². The summed E-state index contributed by atoms with van der Waals surface area (Å²) in [6.45, 7) is 14.2. The van der Waals surface area contributed by atoms with Crippen LogP contribution in [-0.2, 0) is 57.1 Å². The molecule has 3 fully saturated rings. The first-order valence-corrected chi connectivity index (χ1v) is 28.1. The van der Waals surface area contributed by atoms with E-state index in [0.29, 0.717) is 57.3 Å². The molecule has 72 heavy (non-hydrogen) atoms. The van der Waals surface area contributed by atoms with Crippen LogP contribution in [0, 0.1) is 35.5 Å². The summed E-state index contributed by atoms with van der Waals surface area (Å²) in [5.41, 5.74) is 1.26. The number of allylic oxidation sites excluding steroid dienone is 6. The van der Waals surface area contributed by atoms with Crippen molar-refractivity contribution in [2.45, 2.75) is 186 Å². The Morgan fingerprint density at radius 3 is 2.29 bits per heavy atom. The lowest BCUT2D eigenvalue weighted by Crippen LogP contribution is -2.61. The highest BCUT2D eigenvalue weighted by atomic mass is 127. The number of amides is 1. The number of aliphatic hydroxyl groups excluding tert-OH is 1. The van der Waals surface area contributed by atoms with Gasteiger partial charge in [-0.15, -0.1) is 0 Å². The van der Waals surface area contributed by atoms with Gasteiger partial charge in [-0.3, -0.25) is 19.2 Å². The number of cyclic esters (lactones) is 1. The fraction of sp³-hybridized carbons (Fsp3) is 0.768. The topological polar surface area (TPSA) is 194 Å². The summed E-state index contributed by atoms with van der Waals surface area (Å²) in [5.74, 6) is -7.85. The number of carbonyl (C=O) groups is 5. The maximum atomic E-state index is 14.6. The number of piperidine rings is 1. The molecule has 0 aromatic carbocycles. The Balaban J connectivity index is 1.71. The highest BCUT2D eigenvalue weighted by molar-refractivity contribution is 14.1. The molecule has 1 aliphatic carbocycles. The third kappa shape index (κ3) is 17.7. The first-order valence-electron chi connectivity index (χ1n) is 26.5. The minimum atomic E-state index is -2.45. The highest BCUT2D eigenvalue weighted by Crippen LogP contribution is 2.38. The summed E-state index contributed by atoms with van der Waals surface area (Å²) in [6.07, 6.45) is 13.5. The molecule has 2 N–H and O–H groups in total. The molecule has 3 heterocycles. The molecule has 15 nitrogen and oxygen atoms in total. The maximum absolute atomic E-state index is 14.6. The number of ketones is 3. The lowest BCUT2D eigenvalue weighted by Gasteiger charge is -2.43. The van der Waals surface area contributed by atoms with E-state index in [1.807, 2.05) is 58.1 Å². The van der Waals surface area contributed by atoms with E-state index in [-0.39, 0.29) is 73.9 Å². The maximum Gasteiger partial charge on any atom is 0.329 e. The molecule has 15 atom stereocenters. The van der Waals surface area contributed by atoms with Gasteiger partial charge in [-0.25, -0.2) is 4.79 Å². The second-order valence-electron chi connectivity index (χ2n) is 21.1. The van der Waals surface area contributed by atoms with E-state index in [4.69, 9.17) is 33.2 Å². The van der Waals surface area contributed by atoms with Gasteiger partial charge in [0.1, 0.15) is 30.1 Å². The van der Waals surface area contributed by atoms with Crippen molar-refractivity contribution in [2.75, 3.05) is 52.1 Å². The van der Waals surface area contributed by atoms with Crippen LogP contribution in [0.2, 0.25) is 0 Å². The van der Waals surface area contributed by atoms with Crippen molar-refractivity contribution in [1.82, 2.24) is 4.90 Å². The van der Waals surface area contributed by atoms with Crippen LogP contribution in [0.25, 0.3) is 0 Å². The second-order valence-corrected chi connectivity index (χ2v) is 22.2. The molecular formula is C56H88INO14. The fourth-order valence-electron chi connectivity index (χ4n) is 10.8. The first-order chi connectivity index (χ1) is 34.3. The van der Waals surface area contributed by atoms with E-state index in [0.717, 1.165) is 35.7 Å². The average molecular weight is 1130 g/mol. The standard InChI is InChI=1S/C56H88INO14/c1-35-17-12-11-13-18-36(2)47(70-28-27-66-8)33-43-22-20-41(7)56(65,72-43)53(62)54(63)58-25-15-14-19-44(58)55(64)71-48(38(4)31-42-21-23-46(49(32-42)67-9)69-26-16-24-57)34-45(59)37(3)30-40(6)51(61)52(68-10)50(60)39(5)29-35/h11-13,17-18,30,35,37-39,41-44,46-49,51-52,61,65H,14-16,19-29,31-34H2,1-10H3/t35-,37-,38-,39-,41-,42+,43+,44+,46-,47-,48+,49-,51-,52+,56-/m1/s1. The number of ether oxygens (including phenoxy) is 7. The number of esters is 1. The van der Waals surface area contributed by atoms with E-state index < -0.39 is 77.8 Å². The molecule has 0 aromatic heterocycles. The van der Waals surface area contributed by atoms with Gasteiger partial charge in [0, 0.05) is 69.5 Å². The second kappa shape index (κ2) is 30.8. The minimum absolute atomic E-state index is 0.00824. The van der Waals surface area contributed by atoms with Gasteiger partial charge in [0.05, 0.1) is 37.6 Å². The number of methoxy groups -OCH3 is 3. The molecule has 2 saturated heterocycles. The molecule has 0 spiro atoms. The highest BCUT2D eigenvalue weighted by Gasteiger charge is 2.53. The normalized spacial score (nSPS) is 35.3. The molecule has 0 unspecified atom stereocenters. The Morgan fingerprint density at radius 1 is 0.847 bits per heavy atom. The third-order valence-corrected chi connectivity index (χ3v) is 16.1. The van der Waals surface area contributed by atoms with Gasteiger partial charge >= 0.3 is 5.97 Å². The molecule has 2 bridgehead atoms. The van der Waals surface area contributed by atoms with Crippen molar-refractivity contribution in [1.29, 1.82) is 0 Å². The van der Waals surface area contributed by atoms with Crippen LogP contribution >= 0.6 is 22.6 Å². The van der Waals surface area contributed by atoms with E-state index in [9.17, 15) is 34.2 Å². The zero-order chi connectivity index (χ0) is 53.1. The van der Waals surface area contributed by atoms with Crippen LogP contribution in [0.3, 0.4) is 0 Å². The van der Waals surface area contributed by atoms with Gasteiger partial charge in [-0.1, -0.05) is 93.7 Å². The molecular weight excluding hydrogens is 1040 g/mol. The van der Waals surface area contributed by atoms with Crippen molar-refractivity contribution in [3.8, 4) is 0 Å². The molecule has 16 heteroatoms. The Kier molecular flexibility index (Phi) is 26.4. The molecule has 4 rings (SSSR count). The zero-order valence-electron chi connectivity index (χ0n) is 44.9. The fourth-order valence-corrected chi connectivity index (χ4v) is 11.1. The quantitative estimate of drug-likeness (QED) is 0.0449. The van der Waals surface area contributed by atoms with Crippen LogP contribution in [-0.4, -0.2) is 151 Å². The number of halogens is 1. The average Bonchev–Trinajstić information content (AvgIpc) is 3.36. The summed E-state index contributed by atoms with van der Waals surface area (Å²) >= 11 is 2.34. The molecule has 0 radical (unpaired) electrons. The SMILES string of the molecule is COCCO[C@@H]1C[C@@H]2CC[C@@H](C)[C@@](O)(O2)C(=O)C(=O)N2CCCC[C@H]2C(=O)O[C@H]([C@H](C)C[C@@H]2CC[C@@H](OCCCI)[C@H](OC)C2)CC(=O)[C@H](C)C=C(C)[C@@H](O)[C@@H](OC)C(=O)[C@H](C)C[C@H](C)C=CC=CC=C1C. The molecule has 3 aliphatic heterocycles. The summed E-state index contributed by atoms with van der Waals surface area (Å²) < 4.78 is 42.9. The van der Waals surface area contributed by atoms with Crippen LogP contribution in [0.5, 0.6) is 0 Å². The minimum Gasteiger partial charge on any atom is -0.460 e. The van der Waals surface area contributed by atoms with Crippen LogP contribution in [0.15, 0.2) is 47.6 Å². The van der Waals surface area contributed by atoms with Gasteiger partial charge in [0.25, 0.3) is 11.7 Å². The third-order valence-electron chi connectivity index (χ3n) is 15.4. The number of aliphatic hydroxyl groups is 2. The predicted octanol–water partition coefficient (Wildman–Crippen LogP) is 8.05. The van der Waals surface area contributed by atoms with Gasteiger partial charge in [-0.2, -0.15) is 0 Å². The zero-order valence-corrected chi connectivity index (χ0v) is 47.1. The van der Waals surface area contributed by atoms with Gasteiger partial charge < -0.3 is 48.3 Å². The van der Waals surface area contributed by atoms with E-state index >= 15 is 0 Å². The van der Waals surface area contributed by atoms with Crippen molar-refractivity contribution < 1.29 is 67.3 Å². The number of rotatable bonds is 13. The molecule has 0 aromatic rings. The van der Waals surface area contributed by atoms with Gasteiger partial charge in [0.15, 0.2) is 5.78 Å². The number of carbonyl (C=O) groups excluding carboxylic acids is 5. The predicted molar refractivity (Wildman–Crippen MR) is 283 cm³/mol. The monoisotopic (exact) mass is 1130 g/mol. The van der Waals surface area contributed by atoms with E-state index in [1.54, 1.807) is 41.1 Å². The van der Waals surface area contributed by atoms with Crippen molar-refractivity contribution >= 4 is 51.8 Å². The number of fused-ring (bicyclic) bond motifs is 3. The number of nitrogens with zero attached hydrogens (tertiary/aromatic N) is 1. The molecule has 408 valence electrons. The molecule has 1 saturated carbocycles. The number of hydrogen-bond acceptors (Lipinski definition) is 14. The summed E-state index contributed by atoms with van der Waals surface area (Å²) in [5, 5.41) is 23.6. The smallest absolute Gasteiger partial charge is 0.329 e. The van der Waals surface area contributed by atoms with Crippen LogP contribution < -0.4 is 0 Å². The summed E-state index contributed by atoms with van der Waals surface area (Å²) in [4.78, 5) is 72.7. The summed E-state index contributed by atoms with van der Waals surface area (Å²) in [7, 11) is 4.67. The number of Topliss-reactive ketones (excluding diaryl/α,β-unsaturated/α-hetero) is 3. The van der Waals surface area contributed by atoms with Crippen LogP contribution in [0.4, 0.5) is 0 Å². The summed E-state index contributed by atoms with van der Waals surface area (Å²) in [6, 6.07) is -1.14. The lowest BCUT2D eigenvalue weighted by atomic mass is 9.78. The Labute approximate surface area is 443 Å². The van der Waals surface area contributed by atoms with Crippen molar-refractivity contribution in [2.24, 2.45) is 35.5 Å². The lowest BCUT2D eigenvalue weighted by molar-refractivity contribution is -0.266. The molecule has 4 aliphatic rings. The number of hydrogen-bond donors (Lipinski definition) is 2. The van der Waals surface area contributed by atoms with E-state index in [1.165, 1.54) is 12.0 Å². The van der Waals surface area contributed by atoms with Gasteiger partial charge in [-0.05, 0) is 113 Å². The number of alkyl halides is 1. The van der Waals surface area contributed by atoms with Gasteiger partial charge in [0.2, 0.25) is 5.79 Å². The Hall–Kier alpha value is -2.68. The first kappa shape index (κ1) is 61.9. The van der Waals surface area contributed by atoms with Crippen LogP contribution in [0.1, 0.15) is 132 Å².